The van der Waals surface area contributed by atoms with Crippen molar-refractivity contribution in [3.05, 3.63) is 28.2 Å². The van der Waals surface area contributed by atoms with E-state index in [1.165, 1.54) is 0 Å². The molecular weight excluding hydrogens is 358 g/mol. The van der Waals surface area contributed by atoms with Gasteiger partial charge in [-0.3, -0.25) is 4.79 Å². The van der Waals surface area contributed by atoms with Crippen molar-refractivity contribution in [2.45, 2.75) is 38.6 Å². The van der Waals surface area contributed by atoms with E-state index in [2.05, 4.69) is 15.9 Å². The number of ether oxygens (including phenoxy) is 1. The molecule has 0 heterocycles. The summed E-state index contributed by atoms with van der Waals surface area (Å²) < 4.78 is 32.2. The second-order valence-corrected chi connectivity index (χ2v) is 7.63. The summed E-state index contributed by atoms with van der Waals surface area (Å²) in [6.45, 7) is 6.79. The van der Waals surface area contributed by atoms with Crippen LogP contribution in [0.4, 0.5) is 0 Å². The van der Waals surface area contributed by atoms with Crippen molar-refractivity contribution in [2.24, 2.45) is 0 Å². The SMILES string of the molecule is CCOC(=O)CN(C(C)C)S(=O)(=O)c1cc(Br)ccc1C. The van der Waals surface area contributed by atoms with Crippen LogP contribution in [0.3, 0.4) is 0 Å². The predicted octanol–water partition coefficient (Wildman–Crippen LogP) is 2.72. The van der Waals surface area contributed by atoms with Gasteiger partial charge in [0.15, 0.2) is 0 Å². The van der Waals surface area contributed by atoms with Crippen molar-refractivity contribution in [3.63, 3.8) is 0 Å². The van der Waals surface area contributed by atoms with Gasteiger partial charge >= 0.3 is 5.97 Å². The molecule has 5 nitrogen and oxygen atoms in total. The Morgan fingerprint density at radius 1 is 1.38 bits per heavy atom. The minimum atomic E-state index is -3.76. The van der Waals surface area contributed by atoms with Gasteiger partial charge in [0.05, 0.1) is 11.5 Å². The molecule has 0 spiro atoms. The zero-order valence-electron chi connectivity index (χ0n) is 12.6. The van der Waals surface area contributed by atoms with Crippen molar-refractivity contribution in [1.82, 2.24) is 4.31 Å². The molecule has 0 aliphatic rings. The largest absolute Gasteiger partial charge is 0.465 e. The lowest BCUT2D eigenvalue weighted by molar-refractivity contribution is -0.143. The second kappa shape index (κ2) is 7.38. The molecule has 0 aliphatic carbocycles. The van der Waals surface area contributed by atoms with Crippen molar-refractivity contribution < 1.29 is 17.9 Å². The third-order valence-electron chi connectivity index (χ3n) is 2.90. The lowest BCUT2D eigenvalue weighted by Gasteiger charge is -2.25. The van der Waals surface area contributed by atoms with Crippen LogP contribution in [0.15, 0.2) is 27.6 Å². The molecule has 0 radical (unpaired) electrons. The second-order valence-electron chi connectivity index (χ2n) is 4.86. The number of esters is 1. The smallest absolute Gasteiger partial charge is 0.321 e. The Balaban J connectivity index is 3.22. The molecule has 21 heavy (non-hydrogen) atoms. The van der Waals surface area contributed by atoms with Crippen molar-refractivity contribution >= 4 is 31.9 Å². The molecule has 0 N–H and O–H groups in total. The van der Waals surface area contributed by atoms with E-state index < -0.39 is 16.0 Å². The number of carbonyl (C=O) groups excluding carboxylic acids is 1. The molecule has 118 valence electrons. The van der Waals surface area contributed by atoms with Gasteiger partial charge in [0.1, 0.15) is 6.54 Å². The third-order valence-corrected chi connectivity index (χ3v) is 5.56. The molecule has 1 aromatic rings. The molecule has 0 saturated heterocycles. The first-order valence-electron chi connectivity index (χ1n) is 6.63. The average Bonchev–Trinajstić information content (AvgIpc) is 2.38. The maximum Gasteiger partial charge on any atom is 0.321 e. The van der Waals surface area contributed by atoms with E-state index in [9.17, 15) is 13.2 Å². The number of aryl methyl sites for hydroxylation is 1. The van der Waals surface area contributed by atoms with Crippen LogP contribution >= 0.6 is 15.9 Å². The Hall–Kier alpha value is -0.920. The highest BCUT2D eigenvalue weighted by Gasteiger charge is 2.30. The van der Waals surface area contributed by atoms with E-state index >= 15 is 0 Å². The Morgan fingerprint density at radius 2 is 2.00 bits per heavy atom. The first kappa shape index (κ1) is 18.1. The van der Waals surface area contributed by atoms with Gasteiger partial charge in [-0.05, 0) is 45.4 Å². The van der Waals surface area contributed by atoms with Crippen LogP contribution in [0.5, 0.6) is 0 Å². The van der Waals surface area contributed by atoms with Crippen molar-refractivity contribution in [1.29, 1.82) is 0 Å². The highest BCUT2D eigenvalue weighted by atomic mass is 79.9. The maximum atomic E-state index is 12.8. The van der Waals surface area contributed by atoms with Crippen LogP contribution in [0.2, 0.25) is 0 Å². The number of sulfonamides is 1. The van der Waals surface area contributed by atoms with Crippen LogP contribution in [0.25, 0.3) is 0 Å². The summed E-state index contributed by atoms with van der Waals surface area (Å²) in [5.74, 6) is -0.553. The lowest BCUT2D eigenvalue weighted by atomic mass is 10.2. The molecule has 0 saturated carbocycles. The standard InChI is InChI=1S/C14H20BrNO4S/c1-5-20-14(17)9-16(10(2)3)21(18,19)13-8-12(15)7-6-11(13)4/h6-8,10H,5,9H2,1-4H3. The predicted molar refractivity (Wildman–Crippen MR) is 84.5 cm³/mol. The summed E-state index contributed by atoms with van der Waals surface area (Å²) in [4.78, 5) is 11.8. The van der Waals surface area contributed by atoms with Gasteiger partial charge in [0, 0.05) is 10.5 Å². The maximum absolute atomic E-state index is 12.8. The topological polar surface area (TPSA) is 63.7 Å². The number of carbonyl (C=O) groups is 1. The summed E-state index contributed by atoms with van der Waals surface area (Å²) >= 11 is 3.28. The Labute approximate surface area is 134 Å². The molecular formula is C14H20BrNO4S. The lowest BCUT2D eigenvalue weighted by Crippen LogP contribution is -2.41. The van der Waals surface area contributed by atoms with Crippen LogP contribution in [-0.4, -0.2) is 37.9 Å². The Morgan fingerprint density at radius 3 is 2.52 bits per heavy atom. The normalized spacial score (nSPS) is 12.0. The summed E-state index contributed by atoms with van der Waals surface area (Å²) in [5.41, 5.74) is 0.632. The van der Waals surface area contributed by atoms with Crippen LogP contribution in [-0.2, 0) is 19.6 Å². The summed E-state index contributed by atoms with van der Waals surface area (Å²) in [7, 11) is -3.76. The van der Waals surface area contributed by atoms with Crippen LogP contribution < -0.4 is 0 Å². The number of hydrogen-bond donors (Lipinski definition) is 0. The molecule has 0 atom stereocenters. The molecule has 0 aliphatic heterocycles. The Kier molecular flexibility index (Phi) is 6.37. The van der Waals surface area contributed by atoms with Crippen molar-refractivity contribution in [2.75, 3.05) is 13.2 Å². The number of nitrogens with zero attached hydrogens (tertiary/aromatic N) is 1. The summed E-state index contributed by atoms with van der Waals surface area (Å²) in [6.07, 6.45) is 0. The highest BCUT2D eigenvalue weighted by molar-refractivity contribution is 9.10. The minimum absolute atomic E-state index is 0.190. The third kappa shape index (κ3) is 4.52. The van der Waals surface area contributed by atoms with E-state index in [-0.39, 0.29) is 24.1 Å². The van der Waals surface area contributed by atoms with E-state index in [1.807, 2.05) is 0 Å². The van der Waals surface area contributed by atoms with E-state index in [1.54, 1.807) is 45.9 Å². The highest BCUT2D eigenvalue weighted by Crippen LogP contribution is 2.25. The number of halogens is 1. The zero-order chi connectivity index (χ0) is 16.2. The fraction of sp³-hybridized carbons (Fsp3) is 0.500. The van der Waals surface area contributed by atoms with Crippen molar-refractivity contribution in [3.8, 4) is 0 Å². The molecule has 0 bridgehead atoms. The van der Waals surface area contributed by atoms with E-state index in [0.717, 1.165) is 4.31 Å². The van der Waals surface area contributed by atoms with Crippen LogP contribution in [0, 0.1) is 6.92 Å². The molecule has 0 unspecified atom stereocenters. The van der Waals surface area contributed by atoms with Gasteiger partial charge < -0.3 is 4.74 Å². The number of hydrogen-bond acceptors (Lipinski definition) is 4. The first-order valence-corrected chi connectivity index (χ1v) is 8.87. The summed E-state index contributed by atoms with van der Waals surface area (Å²) in [6, 6.07) is 4.70. The van der Waals surface area contributed by atoms with Gasteiger partial charge in [0.25, 0.3) is 0 Å². The number of benzene rings is 1. The first-order chi connectivity index (χ1) is 9.70. The quantitative estimate of drug-likeness (QED) is 0.714. The van der Waals surface area contributed by atoms with Gasteiger partial charge in [-0.1, -0.05) is 22.0 Å². The average molecular weight is 378 g/mol. The molecule has 0 fully saturated rings. The van der Waals surface area contributed by atoms with Gasteiger partial charge in [-0.25, -0.2) is 8.42 Å². The fourth-order valence-corrected chi connectivity index (χ4v) is 4.20. The Bertz CT molecular complexity index is 613. The number of rotatable bonds is 6. The minimum Gasteiger partial charge on any atom is -0.465 e. The zero-order valence-corrected chi connectivity index (χ0v) is 15.0. The van der Waals surface area contributed by atoms with Gasteiger partial charge in [-0.2, -0.15) is 4.31 Å². The molecule has 7 heteroatoms. The fourth-order valence-electron chi connectivity index (χ4n) is 1.86. The molecule has 1 rings (SSSR count). The van der Waals surface area contributed by atoms with Gasteiger partial charge in [0.2, 0.25) is 10.0 Å². The molecule has 0 amide bonds. The molecule has 0 aromatic heterocycles. The monoisotopic (exact) mass is 377 g/mol. The van der Waals surface area contributed by atoms with E-state index in [4.69, 9.17) is 4.74 Å². The summed E-state index contributed by atoms with van der Waals surface area (Å²) in [5, 5.41) is 0. The van der Waals surface area contributed by atoms with Crippen LogP contribution in [0.1, 0.15) is 26.3 Å². The molecule has 1 aromatic carbocycles. The van der Waals surface area contributed by atoms with E-state index in [0.29, 0.717) is 10.0 Å². The van der Waals surface area contributed by atoms with Gasteiger partial charge in [-0.15, -0.1) is 0 Å².